The van der Waals surface area contributed by atoms with Crippen molar-refractivity contribution in [3.63, 3.8) is 0 Å². The minimum Gasteiger partial charge on any atom is -1.00 e. The van der Waals surface area contributed by atoms with Crippen molar-refractivity contribution in [3.8, 4) is 0 Å². The summed E-state index contributed by atoms with van der Waals surface area (Å²) in [5.74, 6) is 0. The summed E-state index contributed by atoms with van der Waals surface area (Å²) in [6.45, 7) is 0. The summed E-state index contributed by atoms with van der Waals surface area (Å²) >= 11 is -3.11. The molecular formula is HCl4Ti-. The molecule has 0 aliphatic carbocycles. The van der Waals surface area contributed by atoms with E-state index in [1.807, 2.05) is 0 Å². The fraction of sp³-hybridized carbons (Fsp3) is 0. The second-order valence-corrected chi connectivity index (χ2v) is 15.9. The molecule has 0 amide bonds. The molecule has 0 N–H and O–H groups in total. The second-order valence-electron chi connectivity index (χ2n) is 0.429. The van der Waals surface area contributed by atoms with E-state index in [0.29, 0.717) is 0 Å². The molecule has 0 rings (SSSR count). The molecule has 0 aromatic carbocycles. The standard InChI is InChI=1S/4ClH.Ti.H/h4*1H;;/q;;;;+4;-1/p-4. The normalized spacial score (nSPS) is 12.0. The number of hydrogen-bond acceptors (Lipinski definition) is 0. The van der Waals surface area contributed by atoms with Gasteiger partial charge in [-0.15, -0.1) is 0 Å². The number of hydrogen-bond donors (Lipinski definition) is 0. The van der Waals surface area contributed by atoms with E-state index in [4.69, 9.17) is 37.2 Å². The van der Waals surface area contributed by atoms with E-state index in [1.54, 1.807) is 0 Å². The smallest absolute Gasteiger partial charge is 1.00 e. The summed E-state index contributed by atoms with van der Waals surface area (Å²) < 4.78 is 0. The monoisotopic (exact) mass is 189 g/mol. The van der Waals surface area contributed by atoms with Crippen LogP contribution in [-0.2, 0) is 12.3 Å². The molecule has 5 heavy (non-hydrogen) atoms. The first kappa shape index (κ1) is 6.87. The van der Waals surface area contributed by atoms with Gasteiger partial charge in [-0.05, 0) is 0 Å². The molecule has 0 aromatic heterocycles. The Balaban J connectivity index is 0. The fourth-order valence-corrected chi connectivity index (χ4v) is 0. The topological polar surface area (TPSA) is 0 Å². The third-order valence-corrected chi connectivity index (χ3v) is 0. The zero-order valence-corrected chi connectivity index (χ0v) is 6.60. The van der Waals surface area contributed by atoms with Gasteiger partial charge < -0.3 is 1.43 Å². The molecule has 0 atom stereocenters. The predicted molar refractivity (Wildman–Crippen MR) is 24.5 cm³/mol. The molecule has 0 saturated carbocycles. The minimum absolute atomic E-state index is 0. The van der Waals surface area contributed by atoms with Gasteiger partial charge in [0.25, 0.3) is 0 Å². The second kappa shape index (κ2) is 2.25. The summed E-state index contributed by atoms with van der Waals surface area (Å²) in [6.07, 6.45) is 0. The summed E-state index contributed by atoms with van der Waals surface area (Å²) in [7, 11) is 20.1. The van der Waals surface area contributed by atoms with E-state index in [9.17, 15) is 0 Å². The maximum Gasteiger partial charge on any atom is -1.00 e. The van der Waals surface area contributed by atoms with Gasteiger partial charge in [0.05, 0.1) is 0 Å². The molecule has 0 bridgehead atoms. The van der Waals surface area contributed by atoms with E-state index in [2.05, 4.69) is 0 Å². The van der Waals surface area contributed by atoms with Crippen LogP contribution in [0.1, 0.15) is 1.43 Å². The zero-order valence-electron chi connectivity index (χ0n) is 3.01. The summed E-state index contributed by atoms with van der Waals surface area (Å²) in [5, 5.41) is 0. The Labute approximate surface area is 50.7 Å². The van der Waals surface area contributed by atoms with Crippen molar-refractivity contribution in [1.82, 2.24) is 0 Å². The van der Waals surface area contributed by atoms with Gasteiger partial charge in [0, 0.05) is 0 Å². The SMILES string of the molecule is [Cl][Ti]([Cl])([Cl])[Cl].[H-]. The van der Waals surface area contributed by atoms with Crippen molar-refractivity contribution < 1.29 is 13.8 Å². The van der Waals surface area contributed by atoms with Crippen LogP contribution in [0.2, 0.25) is 0 Å². The summed E-state index contributed by atoms with van der Waals surface area (Å²) in [6, 6.07) is 0. The molecule has 0 nitrogen and oxygen atoms in total. The van der Waals surface area contributed by atoms with Gasteiger partial charge in [-0.3, -0.25) is 0 Å². The third kappa shape index (κ3) is 25.1. The van der Waals surface area contributed by atoms with Crippen molar-refractivity contribution in [2.45, 2.75) is 0 Å². The molecule has 0 fully saturated rings. The molecule has 0 aliphatic rings. The molecule has 34 valence electrons. The maximum atomic E-state index is 5.01. The van der Waals surface area contributed by atoms with E-state index in [-0.39, 0.29) is 1.43 Å². The summed E-state index contributed by atoms with van der Waals surface area (Å²) in [5.41, 5.74) is 0. The van der Waals surface area contributed by atoms with Crippen LogP contribution in [0.4, 0.5) is 0 Å². The van der Waals surface area contributed by atoms with Crippen LogP contribution in [0, 0.1) is 0 Å². The van der Waals surface area contributed by atoms with Crippen molar-refractivity contribution in [2.24, 2.45) is 0 Å². The van der Waals surface area contributed by atoms with Gasteiger partial charge >= 0.3 is 49.6 Å². The quantitative estimate of drug-likeness (QED) is 0.516. The van der Waals surface area contributed by atoms with Crippen LogP contribution in [0.25, 0.3) is 0 Å². The van der Waals surface area contributed by atoms with Crippen molar-refractivity contribution in [2.75, 3.05) is 0 Å². The third-order valence-electron chi connectivity index (χ3n) is 0. The molecule has 0 aromatic rings. The predicted octanol–water partition coefficient (Wildman–Crippen LogP) is 2.87. The maximum absolute atomic E-state index is 5.01. The average molecular weight is 191 g/mol. The molecule has 0 aliphatic heterocycles. The Morgan fingerprint density at radius 1 is 1.00 bits per heavy atom. The molecule has 0 radical (unpaired) electrons. The van der Waals surface area contributed by atoms with Crippen LogP contribution >= 0.6 is 37.2 Å². The Morgan fingerprint density at radius 2 is 1.00 bits per heavy atom. The molecule has 0 heterocycles. The van der Waals surface area contributed by atoms with Crippen molar-refractivity contribution in [1.29, 1.82) is 0 Å². The first-order valence-electron chi connectivity index (χ1n) is 0.756. The van der Waals surface area contributed by atoms with Gasteiger partial charge in [-0.25, -0.2) is 0 Å². The van der Waals surface area contributed by atoms with Crippen LogP contribution in [-0.4, -0.2) is 0 Å². The first-order chi connectivity index (χ1) is 2.00. The van der Waals surface area contributed by atoms with E-state index < -0.39 is 12.3 Å². The van der Waals surface area contributed by atoms with Gasteiger partial charge in [-0.1, -0.05) is 0 Å². The Kier molecular flexibility index (Phi) is 3.09. The van der Waals surface area contributed by atoms with E-state index in [1.165, 1.54) is 0 Å². The van der Waals surface area contributed by atoms with Crippen molar-refractivity contribution >= 4 is 37.2 Å². The Morgan fingerprint density at radius 3 is 1.00 bits per heavy atom. The van der Waals surface area contributed by atoms with Crippen molar-refractivity contribution in [3.05, 3.63) is 0 Å². The van der Waals surface area contributed by atoms with Gasteiger partial charge in [0.15, 0.2) is 0 Å². The van der Waals surface area contributed by atoms with Crippen LogP contribution < -0.4 is 0 Å². The summed E-state index contributed by atoms with van der Waals surface area (Å²) in [4.78, 5) is 0. The Hall–Kier alpha value is 1.87. The number of halogens is 4. The van der Waals surface area contributed by atoms with E-state index >= 15 is 0 Å². The largest absolute Gasteiger partial charge is 1.00 e. The molecule has 5 heteroatoms. The average Bonchev–Trinajstić information content (AvgIpc) is 0.722. The first-order valence-corrected chi connectivity index (χ1v) is 9.35. The van der Waals surface area contributed by atoms with Gasteiger partial charge in [-0.2, -0.15) is 0 Å². The van der Waals surface area contributed by atoms with E-state index in [0.717, 1.165) is 0 Å². The molecule has 0 unspecified atom stereocenters. The zero-order chi connectivity index (χ0) is 4.50. The van der Waals surface area contributed by atoms with Crippen LogP contribution in [0.15, 0.2) is 0 Å². The Bertz CT molecular complexity index is 23.0. The molecule has 0 saturated heterocycles. The van der Waals surface area contributed by atoms with Crippen LogP contribution in [0.5, 0.6) is 0 Å². The molecule has 0 spiro atoms. The number of rotatable bonds is 0. The molecular weight excluding hydrogens is 190 g/mol. The van der Waals surface area contributed by atoms with Gasteiger partial charge in [0.2, 0.25) is 0 Å². The minimum atomic E-state index is -3.11. The van der Waals surface area contributed by atoms with Crippen LogP contribution in [0.3, 0.4) is 0 Å². The van der Waals surface area contributed by atoms with Gasteiger partial charge in [0.1, 0.15) is 0 Å². The fourth-order valence-electron chi connectivity index (χ4n) is 0.